The normalized spacial score (nSPS) is 45.1. The second-order valence-electron chi connectivity index (χ2n) is 6.35. The summed E-state index contributed by atoms with van der Waals surface area (Å²) in [6, 6.07) is 0. The molecule has 0 saturated carbocycles. The third-order valence-corrected chi connectivity index (χ3v) is 5.74. The van der Waals surface area contributed by atoms with Gasteiger partial charge >= 0.3 is 11.9 Å². The van der Waals surface area contributed by atoms with Gasteiger partial charge in [0.1, 0.15) is 0 Å². The zero-order valence-corrected chi connectivity index (χ0v) is 11.4. The lowest BCUT2D eigenvalue weighted by molar-refractivity contribution is -0.173. The standard InChI is InChI=1S/C15H16O5/c1-7-4-14-10(8(7)2)3-9(12(16)17)11(14)5-19-13(18)15(14)6-20-15/h3,10-11H,4-6H2,1-2H3,(H,16,17)/t10-,11+,14-,15-/m1/s1. The fraction of sp³-hybridized carbons (Fsp3) is 0.600. The summed E-state index contributed by atoms with van der Waals surface area (Å²) in [5, 5.41) is 9.45. The first-order valence-electron chi connectivity index (χ1n) is 6.86. The van der Waals surface area contributed by atoms with E-state index in [2.05, 4.69) is 6.92 Å². The van der Waals surface area contributed by atoms with Crippen molar-refractivity contribution in [3.05, 3.63) is 22.8 Å². The van der Waals surface area contributed by atoms with Crippen LogP contribution in [0.25, 0.3) is 0 Å². The van der Waals surface area contributed by atoms with Gasteiger partial charge in [0, 0.05) is 22.8 Å². The van der Waals surface area contributed by atoms with E-state index in [0.29, 0.717) is 12.2 Å². The molecule has 0 bridgehead atoms. The molecule has 5 heteroatoms. The first-order chi connectivity index (χ1) is 9.44. The number of carboxylic acid groups (broad SMARTS) is 1. The monoisotopic (exact) mass is 276 g/mol. The van der Waals surface area contributed by atoms with E-state index in [0.717, 1.165) is 6.42 Å². The van der Waals surface area contributed by atoms with Gasteiger partial charge in [0.15, 0.2) is 5.60 Å². The summed E-state index contributed by atoms with van der Waals surface area (Å²) in [6.45, 7) is 4.59. The van der Waals surface area contributed by atoms with Crippen LogP contribution < -0.4 is 0 Å². The van der Waals surface area contributed by atoms with Crippen molar-refractivity contribution in [2.45, 2.75) is 25.9 Å². The van der Waals surface area contributed by atoms with Crippen molar-refractivity contribution in [2.24, 2.45) is 17.3 Å². The highest BCUT2D eigenvalue weighted by molar-refractivity contribution is 5.92. The molecular formula is C15H16O5. The second kappa shape index (κ2) is 3.34. The molecule has 1 N–H and O–H groups in total. The number of ether oxygens (including phenoxy) is 2. The van der Waals surface area contributed by atoms with Crippen LogP contribution >= 0.6 is 0 Å². The summed E-state index contributed by atoms with van der Waals surface area (Å²) >= 11 is 0. The lowest BCUT2D eigenvalue weighted by Crippen LogP contribution is -2.56. The Morgan fingerprint density at radius 2 is 2.15 bits per heavy atom. The number of rotatable bonds is 1. The third kappa shape index (κ3) is 1.06. The Morgan fingerprint density at radius 3 is 2.75 bits per heavy atom. The zero-order chi connectivity index (χ0) is 14.3. The summed E-state index contributed by atoms with van der Waals surface area (Å²) in [6.07, 6.45) is 2.54. The first kappa shape index (κ1) is 12.1. The van der Waals surface area contributed by atoms with Crippen LogP contribution in [0, 0.1) is 17.3 Å². The van der Waals surface area contributed by atoms with E-state index in [9.17, 15) is 14.7 Å². The van der Waals surface area contributed by atoms with Gasteiger partial charge in [-0.3, -0.25) is 0 Å². The Kier molecular flexibility index (Phi) is 2.03. The van der Waals surface area contributed by atoms with Gasteiger partial charge in [0.05, 0.1) is 13.2 Å². The molecule has 0 aromatic heterocycles. The number of hydrogen-bond acceptors (Lipinski definition) is 4. The Labute approximate surface area is 116 Å². The number of allylic oxidation sites excluding steroid dienone is 3. The molecule has 0 unspecified atom stereocenters. The van der Waals surface area contributed by atoms with Crippen molar-refractivity contribution in [2.75, 3.05) is 13.2 Å². The zero-order valence-electron chi connectivity index (χ0n) is 11.4. The van der Waals surface area contributed by atoms with E-state index >= 15 is 0 Å². The number of cyclic esters (lactones) is 1. The fourth-order valence-electron chi connectivity index (χ4n) is 4.59. The van der Waals surface area contributed by atoms with Crippen LogP contribution in [0.5, 0.6) is 0 Å². The molecule has 106 valence electrons. The van der Waals surface area contributed by atoms with Crippen LogP contribution in [0.1, 0.15) is 20.3 Å². The number of aliphatic carboxylic acids is 1. The molecule has 4 atom stereocenters. The topological polar surface area (TPSA) is 76.1 Å². The summed E-state index contributed by atoms with van der Waals surface area (Å²) in [5.74, 6) is -1.52. The number of epoxide rings is 1. The predicted molar refractivity (Wildman–Crippen MR) is 67.8 cm³/mol. The third-order valence-electron chi connectivity index (χ3n) is 5.74. The van der Waals surface area contributed by atoms with Crippen molar-refractivity contribution < 1.29 is 24.2 Å². The van der Waals surface area contributed by atoms with Crippen molar-refractivity contribution in [3.63, 3.8) is 0 Å². The number of carbonyl (C=O) groups excluding carboxylic acids is 1. The highest BCUT2D eigenvalue weighted by atomic mass is 16.6. The molecule has 20 heavy (non-hydrogen) atoms. The van der Waals surface area contributed by atoms with Crippen LogP contribution in [0.15, 0.2) is 22.8 Å². The Morgan fingerprint density at radius 1 is 1.45 bits per heavy atom. The molecule has 0 aromatic rings. The average Bonchev–Trinajstić information content (AvgIpc) is 3.07. The van der Waals surface area contributed by atoms with Gasteiger partial charge < -0.3 is 14.6 Å². The fourth-order valence-corrected chi connectivity index (χ4v) is 4.59. The van der Waals surface area contributed by atoms with Crippen LogP contribution in [0.2, 0.25) is 0 Å². The number of carboxylic acids is 1. The highest BCUT2D eigenvalue weighted by Crippen LogP contribution is 2.69. The summed E-state index contributed by atoms with van der Waals surface area (Å²) in [7, 11) is 0. The predicted octanol–water partition coefficient (Wildman–Crippen LogP) is 1.30. The molecule has 0 aromatic carbocycles. The number of esters is 1. The maximum absolute atomic E-state index is 12.2. The number of carbonyl (C=O) groups is 2. The van der Waals surface area contributed by atoms with Crippen molar-refractivity contribution in [1.82, 2.24) is 0 Å². The van der Waals surface area contributed by atoms with Crippen molar-refractivity contribution >= 4 is 11.9 Å². The van der Waals surface area contributed by atoms with Crippen LogP contribution in [0.3, 0.4) is 0 Å². The Balaban J connectivity index is 1.91. The van der Waals surface area contributed by atoms with E-state index in [1.807, 2.05) is 13.0 Å². The summed E-state index contributed by atoms with van der Waals surface area (Å²) in [4.78, 5) is 23.7. The summed E-state index contributed by atoms with van der Waals surface area (Å²) < 4.78 is 10.8. The molecule has 2 spiro atoms. The van der Waals surface area contributed by atoms with Crippen LogP contribution in [-0.2, 0) is 19.1 Å². The van der Waals surface area contributed by atoms with E-state index in [-0.39, 0.29) is 24.4 Å². The van der Waals surface area contributed by atoms with E-state index in [4.69, 9.17) is 9.47 Å². The molecule has 0 radical (unpaired) electrons. The molecule has 2 aliphatic carbocycles. The second-order valence-corrected chi connectivity index (χ2v) is 6.35. The highest BCUT2D eigenvalue weighted by Gasteiger charge is 2.78. The van der Waals surface area contributed by atoms with E-state index in [1.54, 1.807) is 0 Å². The Bertz CT molecular complexity index is 610. The molecule has 4 aliphatic rings. The maximum Gasteiger partial charge on any atom is 0.341 e. The molecule has 4 rings (SSSR count). The molecule has 0 amide bonds. The largest absolute Gasteiger partial charge is 0.478 e. The van der Waals surface area contributed by atoms with Gasteiger partial charge in [-0.1, -0.05) is 17.2 Å². The quantitative estimate of drug-likeness (QED) is 0.444. The summed E-state index contributed by atoms with van der Waals surface area (Å²) in [5.41, 5.74) is 1.41. The lowest BCUT2D eigenvalue weighted by atomic mass is 9.60. The molecule has 2 heterocycles. The van der Waals surface area contributed by atoms with Gasteiger partial charge in [-0.05, 0) is 20.3 Å². The lowest BCUT2D eigenvalue weighted by Gasteiger charge is -2.44. The van der Waals surface area contributed by atoms with Gasteiger partial charge in [-0.2, -0.15) is 0 Å². The van der Waals surface area contributed by atoms with Gasteiger partial charge in [0.2, 0.25) is 0 Å². The molecule has 2 aliphatic heterocycles. The molecule has 5 nitrogen and oxygen atoms in total. The maximum atomic E-state index is 12.2. The SMILES string of the molecule is CC1=C(C)[C@H]2C=C(C(=O)O)[C@@H]3COC(=O)[C@]4(CO4)[C@]23C1. The minimum Gasteiger partial charge on any atom is -0.478 e. The molecule has 2 fully saturated rings. The minimum absolute atomic E-state index is 0.0195. The van der Waals surface area contributed by atoms with E-state index in [1.165, 1.54) is 11.1 Å². The van der Waals surface area contributed by atoms with Gasteiger partial charge in [-0.15, -0.1) is 0 Å². The van der Waals surface area contributed by atoms with E-state index < -0.39 is 17.0 Å². The average molecular weight is 276 g/mol. The molecule has 2 saturated heterocycles. The minimum atomic E-state index is -0.923. The smallest absolute Gasteiger partial charge is 0.341 e. The number of hydrogen-bond donors (Lipinski definition) is 1. The van der Waals surface area contributed by atoms with Gasteiger partial charge in [0.25, 0.3) is 0 Å². The first-order valence-corrected chi connectivity index (χ1v) is 6.86. The van der Waals surface area contributed by atoms with Crippen molar-refractivity contribution in [3.8, 4) is 0 Å². The van der Waals surface area contributed by atoms with Crippen molar-refractivity contribution in [1.29, 1.82) is 0 Å². The Hall–Kier alpha value is -1.62. The molecular weight excluding hydrogens is 260 g/mol. The van der Waals surface area contributed by atoms with Crippen LogP contribution in [0.4, 0.5) is 0 Å². The van der Waals surface area contributed by atoms with Crippen LogP contribution in [-0.4, -0.2) is 35.9 Å². The van der Waals surface area contributed by atoms with Gasteiger partial charge in [-0.25, -0.2) is 9.59 Å².